The van der Waals surface area contributed by atoms with Gasteiger partial charge in [0.2, 0.25) is 0 Å². The first-order valence-corrected chi connectivity index (χ1v) is 8.76. The minimum atomic E-state index is -0.388. The third kappa shape index (κ3) is 5.35. The summed E-state index contributed by atoms with van der Waals surface area (Å²) in [5.74, 6) is 0.882. The van der Waals surface area contributed by atoms with E-state index in [4.69, 9.17) is 9.47 Å². The van der Waals surface area contributed by atoms with E-state index >= 15 is 0 Å². The molecule has 27 heavy (non-hydrogen) atoms. The van der Waals surface area contributed by atoms with Gasteiger partial charge >= 0.3 is 0 Å². The van der Waals surface area contributed by atoms with E-state index in [-0.39, 0.29) is 11.5 Å². The molecule has 0 saturated carbocycles. The second-order valence-corrected chi connectivity index (χ2v) is 6.03. The third-order valence-corrected chi connectivity index (χ3v) is 4.25. The molecule has 1 N–H and O–H groups in total. The molecule has 0 saturated heterocycles. The number of aryl methyl sites for hydroxylation is 1. The Balaban J connectivity index is 2.04. The zero-order valence-electron chi connectivity index (χ0n) is 15.9. The summed E-state index contributed by atoms with van der Waals surface area (Å²) in [6.45, 7) is 2.37. The molecule has 2 aromatic rings. The SMILES string of the molecule is COc1ccc(/C=C(/C#N)C(=O)NCCCc2ccccc2)c(OC)c1C. The van der Waals surface area contributed by atoms with Crippen molar-refractivity contribution in [2.75, 3.05) is 20.8 Å². The highest BCUT2D eigenvalue weighted by Gasteiger charge is 2.13. The molecule has 0 heterocycles. The van der Waals surface area contributed by atoms with Gasteiger partial charge in [-0.25, -0.2) is 0 Å². The van der Waals surface area contributed by atoms with Gasteiger partial charge in [-0.05, 0) is 43.5 Å². The summed E-state index contributed by atoms with van der Waals surface area (Å²) in [4.78, 5) is 12.3. The third-order valence-electron chi connectivity index (χ3n) is 4.25. The molecule has 0 aliphatic carbocycles. The summed E-state index contributed by atoms with van der Waals surface area (Å²) in [5.41, 5.74) is 2.74. The largest absolute Gasteiger partial charge is 0.496 e. The molecule has 2 rings (SSSR count). The zero-order chi connectivity index (χ0) is 19.6. The first kappa shape index (κ1) is 20.1. The Labute approximate surface area is 160 Å². The summed E-state index contributed by atoms with van der Waals surface area (Å²) < 4.78 is 10.7. The van der Waals surface area contributed by atoms with Crippen LogP contribution >= 0.6 is 0 Å². The summed E-state index contributed by atoms with van der Waals surface area (Å²) in [6.07, 6.45) is 3.22. The number of rotatable bonds is 8. The fourth-order valence-electron chi connectivity index (χ4n) is 2.84. The Morgan fingerprint density at radius 3 is 2.52 bits per heavy atom. The average Bonchev–Trinajstić information content (AvgIpc) is 2.70. The van der Waals surface area contributed by atoms with Gasteiger partial charge in [0, 0.05) is 17.7 Å². The van der Waals surface area contributed by atoms with E-state index in [2.05, 4.69) is 17.4 Å². The van der Waals surface area contributed by atoms with Gasteiger partial charge in [0.05, 0.1) is 14.2 Å². The minimum absolute atomic E-state index is 0.0394. The lowest BCUT2D eigenvalue weighted by atomic mass is 10.1. The number of hydrogen-bond donors (Lipinski definition) is 1. The van der Waals surface area contributed by atoms with Crippen LogP contribution in [0.3, 0.4) is 0 Å². The number of ether oxygens (including phenoxy) is 2. The van der Waals surface area contributed by atoms with Gasteiger partial charge in [-0.2, -0.15) is 5.26 Å². The summed E-state index contributed by atoms with van der Waals surface area (Å²) in [6, 6.07) is 15.6. The molecule has 0 bridgehead atoms. The second kappa shape index (κ2) is 10.0. The molecule has 5 nitrogen and oxygen atoms in total. The van der Waals surface area contributed by atoms with Crippen molar-refractivity contribution in [2.45, 2.75) is 19.8 Å². The highest BCUT2D eigenvalue weighted by atomic mass is 16.5. The monoisotopic (exact) mass is 364 g/mol. The molecule has 1 amide bonds. The van der Waals surface area contributed by atoms with E-state index in [1.165, 1.54) is 11.6 Å². The molecule has 2 aromatic carbocycles. The second-order valence-electron chi connectivity index (χ2n) is 6.03. The van der Waals surface area contributed by atoms with Crippen molar-refractivity contribution >= 4 is 12.0 Å². The maximum Gasteiger partial charge on any atom is 0.261 e. The van der Waals surface area contributed by atoms with Crippen LogP contribution in [0.25, 0.3) is 6.08 Å². The Hall–Kier alpha value is -3.26. The van der Waals surface area contributed by atoms with Crippen molar-refractivity contribution in [3.63, 3.8) is 0 Å². The van der Waals surface area contributed by atoms with Crippen molar-refractivity contribution < 1.29 is 14.3 Å². The van der Waals surface area contributed by atoms with Crippen LogP contribution in [0.5, 0.6) is 11.5 Å². The van der Waals surface area contributed by atoms with Crippen LogP contribution < -0.4 is 14.8 Å². The molecule has 5 heteroatoms. The smallest absolute Gasteiger partial charge is 0.261 e. The first-order valence-electron chi connectivity index (χ1n) is 8.76. The van der Waals surface area contributed by atoms with Crippen LogP contribution in [0.15, 0.2) is 48.0 Å². The Morgan fingerprint density at radius 2 is 1.89 bits per heavy atom. The van der Waals surface area contributed by atoms with Crippen molar-refractivity contribution in [1.82, 2.24) is 5.32 Å². The molecular formula is C22H24N2O3. The van der Waals surface area contributed by atoms with E-state index in [0.29, 0.717) is 23.6 Å². The van der Waals surface area contributed by atoms with Gasteiger partial charge in [0.1, 0.15) is 23.1 Å². The van der Waals surface area contributed by atoms with E-state index in [9.17, 15) is 10.1 Å². The number of hydrogen-bond acceptors (Lipinski definition) is 4. The molecule has 0 spiro atoms. The fraction of sp³-hybridized carbons (Fsp3) is 0.273. The number of amides is 1. The zero-order valence-corrected chi connectivity index (χ0v) is 15.9. The summed E-state index contributed by atoms with van der Waals surface area (Å²) >= 11 is 0. The van der Waals surface area contributed by atoms with Crippen LogP contribution in [0.2, 0.25) is 0 Å². The molecule has 0 aliphatic rings. The Morgan fingerprint density at radius 1 is 1.15 bits per heavy atom. The van der Waals surface area contributed by atoms with Gasteiger partial charge in [0.25, 0.3) is 5.91 Å². The topological polar surface area (TPSA) is 71.3 Å². The van der Waals surface area contributed by atoms with Crippen molar-refractivity contribution in [1.29, 1.82) is 5.26 Å². The van der Waals surface area contributed by atoms with E-state index < -0.39 is 0 Å². The molecule has 0 atom stereocenters. The normalized spacial score (nSPS) is 10.8. The number of benzene rings is 2. The number of nitrogens with one attached hydrogen (secondary N) is 1. The molecule has 0 unspecified atom stereocenters. The van der Waals surface area contributed by atoms with Gasteiger partial charge in [-0.15, -0.1) is 0 Å². The van der Waals surface area contributed by atoms with Crippen molar-refractivity contribution in [3.05, 3.63) is 64.7 Å². The van der Waals surface area contributed by atoms with Crippen molar-refractivity contribution in [2.24, 2.45) is 0 Å². The van der Waals surface area contributed by atoms with Gasteiger partial charge in [0.15, 0.2) is 0 Å². The minimum Gasteiger partial charge on any atom is -0.496 e. The van der Waals surface area contributed by atoms with Crippen LogP contribution in [0.4, 0.5) is 0 Å². The number of nitrogens with zero attached hydrogens (tertiary/aromatic N) is 1. The van der Waals surface area contributed by atoms with Crippen molar-refractivity contribution in [3.8, 4) is 17.6 Å². The number of carbonyl (C=O) groups is 1. The Bertz CT molecular complexity index is 852. The van der Waals surface area contributed by atoms with Crippen LogP contribution in [0, 0.1) is 18.3 Å². The fourth-order valence-corrected chi connectivity index (χ4v) is 2.84. The maximum absolute atomic E-state index is 12.3. The lowest BCUT2D eigenvalue weighted by molar-refractivity contribution is -0.117. The maximum atomic E-state index is 12.3. The first-order chi connectivity index (χ1) is 13.1. The van der Waals surface area contributed by atoms with Crippen LogP contribution in [-0.2, 0) is 11.2 Å². The molecule has 0 aromatic heterocycles. The molecule has 0 radical (unpaired) electrons. The predicted molar refractivity (Wildman–Crippen MR) is 106 cm³/mol. The highest BCUT2D eigenvalue weighted by Crippen LogP contribution is 2.32. The number of methoxy groups -OCH3 is 2. The predicted octanol–water partition coefficient (Wildman–Crippen LogP) is 3.67. The average molecular weight is 364 g/mol. The molecule has 0 aliphatic heterocycles. The lowest BCUT2D eigenvalue weighted by Gasteiger charge is -2.12. The lowest BCUT2D eigenvalue weighted by Crippen LogP contribution is -2.25. The van der Waals surface area contributed by atoms with Crippen LogP contribution in [0.1, 0.15) is 23.1 Å². The number of nitriles is 1. The summed E-state index contributed by atoms with van der Waals surface area (Å²) in [7, 11) is 3.13. The molecular weight excluding hydrogens is 340 g/mol. The van der Waals surface area contributed by atoms with Gasteiger partial charge in [-0.3, -0.25) is 4.79 Å². The standard InChI is InChI=1S/C22H24N2O3/c1-16-20(26-2)12-11-18(21(16)27-3)14-19(15-23)22(25)24-13-7-10-17-8-5-4-6-9-17/h4-6,8-9,11-12,14H,7,10,13H2,1-3H3,(H,24,25)/b19-14-. The van der Waals surface area contributed by atoms with Gasteiger partial charge < -0.3 is 14.8 Å². The molecule has 140 valence electrons. The number of carbonyl (C=O) groups excluding carboxylic acids is 1. The van der Waals surface area contributed by atoms with Gasteiger partial charge in [-0.1, -0.05) is 30.3 Å². The highest BCUT2D eigenvalue weighted by molar-refractivity contribution is 6.02. The summed E-state index contributed by atoms with van der Waals surface area (Å²) in [5, 5.41) is 12.2. The Kier molecular flexibility index (Phi) is 7.45. The molecule has 0 fully saturated rings. The van der Waals surface area contributed by atoms with Crippen LogP contribution in [-0.4, -0.2) is 26.7 Å². The van der Waals surface area contributed by atoms with E-state index in [0.717, 1.165) is 18.4 Å². The van der Waals surface area contributed by atoms with E-state index in [1.54, 1.807) is 26.4 Å². The van der Waals surface area contributed by atoms with E-state index in [1.807, 2.05) is 31.2 Å². The quantitative estimate of drug-likeness (QED) is 0.441.